The second-order valence-electron chi connectivity index (χ2n) is 5.99. The van der Waals surface area contributed by atoms with Crippen molar-refractivity contribution in [3.8, 4) is 11.6 Å². The number of benzene rings is 2. The fraction of sp³-hybridized carbons (Fsp3) is 0.143. The molecule has 0 N–H and O–H groups in total. The summed E-state index contributed by atoms with van der Waals surface area (Å²) in [6.45, 7) is 0.510. The molecule has 0 amide bonds. The fourth-order valence-electron chi connectivity index (χ4n) is 2.75. The first-order valence-electron chi connectivity index (χ1n) is 8.56. The number of nitrogens with zero attached hydrogens (tertiary/aromatic N) is 3. The fourth-order valence-corrected chi connectivity index (χ4v) is 3.34. The second-order valence-corrected chi connectivity index (χ2v) is 6.71. The van der Waals surface area contributed by atoms with Crippen LogP contribution in [0.1, 0.15) is 16.8 Å². The van der Waals surface area contributed by atoms with Gasteiger partial charge in [0.1, 0.15) is 6.61 Å². The Balaban J connectivity index is 1.56. The number of hydrogen-bond acceptors (Lipinski definition) is 4. The molecule has 2 aromatic heterocycles. The Morgan fingerprint density at radius 1 is 0.923 bits per heavy atom. The van der Waals surface area contributed by atoms with Crippen LogP contribution in [-0.4, -0.2) is 14.8 Å². The van der Waals surface area contributed by atoms with Crippen molar-refractivity contribution >= 4 is 11.3 Å². The van der Waals surface area contributed by atoms with Gasteiger partial charge in [-0.25, -0.2) is 9.67 Å². The molecule has 0 bridgehead atoms. The van der Waals surface area contributed by atoms with Crippen molar-refractivity contribution in [3.05, 3.63) is 94.6 Å². The summed E-state index contributed by atoms with van der Waals surface area (Å²) in [6.07, 6.45) is 3.79. The van der Waals surface area contributed by atoms with E-state index in [1.807, 2.05) is 58.7 Å². The van der Waals surface area contributed by atoms with E-state index in [4.69, 9.17) is 4.74 Å². The van der Waals surface area contributed by atoms with Crippen LogP contribution in [0.5, 0.6) is 5.88 Å². The van der Waals surface area contributed by atoms with Gasteiger partial charge in [0.05, 0.1) is 16.9 Å². The van der Waals surface area contributed by atoms with Crippen LogP contribution in [0.3, 0.4) is 0 Å². The van der Waals surface area contributed by atoms with E-state index in [-0.39, 0.29) is 0 Å². The van der Waals surface area contributed by atoms with Crippen LogP contribution in [-0.2, 0) is 19.4 Å². The van der Waals surface area contributed by atoms with Gasteiger partial charge in [-0.3, -0.25) is 0 Å². The molecule has 0 fully saturated rings. The Morgan fingerprint density at radius 3 is 2.42 bits per heavy atom. The molecule has 26 heavy (non-hydrogen) atoms. The number of ether oxygens (including phenoxy) is 1. The molecule has 0 aliphatic heterocycles. The van der Waals surface area contributed by atoms with Gasteiger partial charge in [0, 0.05) is 17.1 Å². The van der Waals surface area contributed by atoms with Crippen molar-refractivity contribution < 1.29 is 4.74 Å². The van der Waals surface area contributed by atoms with Crippen molar-refractivity contribution in [1.29, 1.82) is 0 Å². The molecule has 0 saturated heterocycles. The highest BCUT2D eigenvalue weighted by Gasteiger charge is 2.12. The number of rotatable bonds is 7. The van der Waals surface area contributed by atoms with Crippen molar-refractivity contribution in [3.63, 3.8) is 0 Å². The van der Waals surface area contributed by atoms with E-state index in [1.54, 1.807) is 11.3 Å². The van der Waals surface area contributed by atoms with E-state index >= 15 is 0 Å². The molecule has 4 rings (SSSR count). The predicted octanol–water partition coefficient (Wildman–Crippen LogP) is 4.69. The summed E-state index contributed by atoms with van der Waals surface area (Å²) in [6, 6.07) is 20.3. The van der Waals surface area contributed by atoms with E-state index in [9.17, 15) is 0 Å². The molecule has 2 heterocycles. The summed E-state index contributed by atoms with van der Waals surface area (Å²) >= 11 is 1.63. The van der Waals surface area contributed by atoms with Crippen LogP contribution < -0.4 is 4.74 Å². The molecule has 4 aromatic rings. The summed E-state index contributed by atoms with van der Waals surface area (Å²) in [4.78, 5) is 4.37. The van der Waals surface area contributed by atoms with E-state index in [2.05, 4.69) is 33.8 Å². The average Bonchev–Trinajstić information content (AvgIpc) is 3.36. The van der Waals surface area contributed by atoms with Gasteiger partial charge in [-0.15, -0.1) is 16.4 Å². The largest absolute Gasteiger partial charge is 0.472 e. The van der Waals surface area contributed by atoms with Gasteiger partial charge >= 0.3 is 0 Å². The lowest BCUT2D eigenvalue weighted by atomic mass is 10.1. The molecule has 4 nitrogen and oxygen atoms in total. The molecule has 0 radical (unpaired) electrons. The van der Waals surface area contributed by atoms with Crippen molar-refractivity contribution in [2.75, 3.05) is 0 Å². The van der Waals surface area contributed by atoms with E-state index in [0.29, 0.717) is 12.5 Å². The number of aryl methyl sites for hydroxylation is 2. The smallest absolute Gasteiger partial charge is 0.236 e. The van der Waals surface area contributed by atoms with Gasteiger partial charge < -0.3 is 4.74 Å². The third-order valence-corrected chi connectivity index (χ3v) is 4.76. The summed E-state index contributed by atoms with van der Waals surface area (Å²) in [5.74, 6) is 0.688. The molecule has 0 aliphatic rings. The molecular formula is C21H19N3OS. The topological polar surface area (TPSA) is 39.9 Å². The number of hydrogen-bond donors (Lipinski definition) is 0. The quantitative estimate of drug-likeness (QED) is 0.479. The third kappa shape index (κ3) is 4.00. The zero-order valence-corrected chi connectivity index (χ0v) is 15.1. The van der Waals surface area contributed by atoms with Crippen LogP contribution >= 0.6 is 11.3 Å². The number of para-hydroxylation sites is 1. The minimum Gasteiger partial charge on any atom is -0.472 e. The first-order chi connectivity index (χ1) is 12.9. The summed E-state index contributed by atoms with van der Waals surface area (Å²) in [5, 5.41) is 6.76. The lowest BCUT2D eigenvalue weighted by molar-refractivity contribution is 0.289. The highest BCUT2D eigenvalue weighted by molar-refractivity contribution is 7.07. The molecule has 5 heteroatoms. The summed E-state index contributed by atoms with van der Waals surface area (Å²) in [5.41, 5.74) is 6.23. The van der Waals surface area contributed by atoms with E-state index in [0.717, 1.165) is 35.3 Å². The SMILES string of the molecule is c1ccc(COc2nn(-c3ccccc3)cc2CCc2cscn2)cc1. The predicted molar refractivity (Wildman–Crippen MR) is 104 cm³/mol. The molecule has 130 valence electrons. The highest BCUT2D eigenvalue weighted by atomic mass is 32.1. The molecule has 2 aromatic carbocycles. The van der Waals surface area contributed by atoms with Crippen LogP contribution in [0, 0.1) is 0 Å². The molecule has 0 spiro atoms. The van der Waals surface area contributed by atoms with Gasteiger partial charge in [-0.2, -0.15) is 0 Å². The number of aromatic nitrogens is 3. The van der Waals surface area contributed by atoms with E-state index in [1.165, 1.54) is 0 Å². The molecule has 0 unspecified atom stereocenters. The van der Waals surface area contributed by atoms with Gasteiger partial charge in [0.15, 0.2) is 0 Å². The lowest BCUT2D eigenvalue weighted by Crippen LogP contribution is -2.00. The maximum absolute atomic E-state index is 6.05. The van der Waals surface area contributed by atoms with Crippen LogP contribution in [0.4, 0.5) is 0 Å². The Kier molecular flexibility index (Phi) is 5.07. The maximum Gasteiger partial charge on any atom is 0.236 e. The monoisotopic (exact) mass is 361 g/mol. The lowest BCUT2D eigenvalue weighted by Gasteiger charge is -2.05. The van der Waals surface area contributed by atoms with Crippen molar-refractivity contribution in [2.45, 2.75) is 19.4 Å². The number of thiazole rings is 1. The van der Waals surface area contributed by atoms with Crippen molar-refractivity contribution in [2.24, 2.45) is 0 Å². The Bertz CT molecular complexity index is 934. The minimum absolute atomic E-state index is 0.510. The summed E-state index contributed by atoms with van der Waals surface area (Å²) < 4.78 is 7.93. The normalized spacial score (nSPS) is 10.8. The van der Waals surface area contributed by atoms with Gasteiger partial charge in [-0.1, -0.05) is 48.5 Å². The molecule has 0 saturated carbocycles. The van der Waals surface area contributed by atoms with E-state index < -0.39 is 0 Å². The zero-order valence-electron chi connectivity index (χ0n) is 14.3. The van der Waals surface area contributed by atoms with Crippen LogP contribution in [0.2, 0.25) is 0 Å². The van der Waals surface area contributed by atoms with Crippen LogP contribution in [0.15, 0.2) is 77.8 Å². The molecule has 0 aliphatic carbocycles. The Labute approximate surface area is 156 Å². The average molecular weight is 361 g/mol. The van der Waals surface area contributed by atoms with Gasteiger partial charge in [0.2, 0.25) is 5.88 Å². The third-order valence-electron chi connectivity index (χ3n) is 4.12. The Morgan fingerprint density at radius 2 is 1.69 bits per heavy atom. The first kappa shape index (κ1) is 16.5. The van der Waals surface area contributed by atoms with Crippen molar-refractivity contribution in [1.82, 2.24) is 14.8 Å². The second kappa shape index (κ2) is 7.97. The van der Waals surface area contributed by atoms with Crippen LogP contribution in [0.25, 0.3) is 5.69 Å². The molecule has 0 atom stereocenters. The maximum atomic E-state index is 6.05. The van der Waals surface area contributed by atoms with Gasteiger partial charge in [-0.05, 0) is 30.5 Å². The highest BCUT2D eigenvalue weighted by Crippen LogP contribution is 2.22. The first-order valence-corrected chi connectivity index (χ1v) is 9.50. The minimum atomic E-state index is 0.510. The summed E-state index contributed by atoms with van der Waals surface area (Å²) in [7, 11) is 0. The van der Waals surface area contributed by atoms with Gasteiger partial charge in [0.25, 0.3) is 0 Å². The zero-order chi connectivity index (χ0) is 17.6. The molecular weight excluding hydrogens is 342 g/mol. The Hall–Kier alpha value is -2.92. The standard InChI is InChI=1S/C21H19N3OS/c1-3-7-17(8-4-1)14-25-21-18(11-12-19-15-26-16-22-19)13-24(23-21)20-9-5-2-6-10-20/h1-10,13,15-16H,11-12,14H2.